The molecule has 2 aromatic rings. The summed E-state index contributed by atoms with van der Waals surface area (Å²) in [4.78, 5) is 24.2. The van der Waals surface area contributed by atoms with E-state index in [-0.39, 0.29) is 11.2 Å². The minimum Gasteiger partial charge on any atom is -0.394 e. The van der Waals surface area contributed by atoms with E-state index in [2.05, 4.69) is 15.0 Å². The third-order valence-corrected chi connectivity index (χ3v) is 3.64. The Morgan fingerprint density at radius 1 is 1.41 bits per heavy atom. The molecule has 0 aromatic carbocycles. The molecule has 10 nitrogen and oxygen atoms in total. The molecule has 3 heterocycles. The summed E-state index contributed by atoms with van der Waals surface area (Å²) in [6.07, 6.45) is -3.24. The average Bonchev–Trinajstić information content (AvgIpc) is 3.00. The molecule has 1 saturated heterocycles. The Kier molecular flexibility index (Phi) is 3.60. The van der Waals surface area contributed by atoms with Crippen molar-refractivity contribution in [2.75, 3.05) is 25.6 Å². The molecule has 1 fully saturated rings. The van der Waals surface area contributed by atoms with E-state index in [9.17, 15) is 20.1 Å². The Labute approximate surface area is 124 Å². The molecule has 0 aliphatic carbocycles. The van der Waals surface area contributed by atoms with Crippen molar-refractivity contribution in [2.45, 2.75) is 24.5 Å². The molecule has 2 aromatic heterocycles. The van der Waals surface area contributed by atoms with Crippen LogP contribution in [0.25, 0.3) is 11.2 Å². The van der Waals surface area contributed by atoms with Crippen LogP contribution in [0.3, 0.4) is 0 Å². The number of aromatic amines is 1. The molecule has 120 valence electrons. The van der Waals surface area contributed by atoms with E-state index in [1.54, 1.807) is 19.0 Å². The first-order valence-electron chi connectivity index (χ1n) is 6.71. The predicted octanol–water partition coefficient (Wildman–Crippen LogP) is -2.20. The van der Waals surface area contributed by atoms with E-state index in [1.807, 2.05) is 0 Å². The lowest BCUT2D eigenvalue weighted by Crippen LogP contribution is -2.33. The van der Waals surface area contributed by atoms with Gasteiger partial charge in [-0.3, -0.25) is 9.36 Å². The second-order valence-corrected chi connectivity index (χ2v) is 5.31. The van der Waals surface area contributed by atoms with Crippen LogP contribution in [0, 0.1) is 0 Å². The van der Waals surface area contributed by atoms with Gasteiger partial charge in [0.05, 0.1) is 12.9 Å². The van der Waals surface area contributed by atoms with Gasteiger partial charge in [0, 0.05) is 14.1 Å². The topological polar surface area (TPSA) is 137 Å². The van der Waals surface area contributed by atoms with E-state index in [1.165, 1.54) is 10.9 Å². The molecule has 0 radical (unpaired) electrons. The number of aliphatic hydroxyl groups excluding tert-OH is 3. The van der Waals surface area contributed by atoms with Crippen molar-refractivity contribution in [3.63, 3.8) is 0 Å². The van der Waals surface area contributed by atoms with Crippen LogP contribution in [0.1, 0.15) is 6.23 Å². The first-order chi connectivity index (χ1) is 10.5. The first-order valence-corrected chi connectivity index (χ1v) is 6.71. The molecular formula is C12H17N5O5. The summed E-state index contributed by atoms with van der Waals surface area (Å²) in [5.41, 5.74) is -0.0928. The summed E-state index contributed by atoms with van der Waals surface area (Å²) in [6.45, 7) is -0.438. The number of anilines is 1. The third kappa shape index (κ3) is 2.08. The van der Waals surface area contributed by atoms with Crippen LogP contribution in [0.15, 0.2) is 11.1 Å². The molecule has 22 heavy (non-hydrogen) atoms. The zero-order valence-electron chi connectivity index (χ0n) is 12.0. The van der Waals surface area contributed by atoms with Gasteiger partial charge in [0.2, 0.25) is 5.95 Å². The van der Waals surface area contributed by atoms with Crippen LogP contribution in [-0.4, -0.2) is 73.9 Å². The smallest absolute Gasteiger partial charge is 0.278 e. The van der Waals surface area contributed by atoms with Crippen molar-refractivity contribution < 1.29 is 20.1 Å². The van der Waals surface area contributed by atoms with Crippen molar-refractivity contribution in [2.24, 2.45) is 0 Å². The van der Waals surface area contributed by atoms with Gasteiger partial charge in [0.1, 0.15) is 18.3 Å². The highest BCUT2D eigenvalue weighted by molar-refractivity contribution is 5.73. The number of rotatable bonds is 3. The number of hydrogen-bond acceptors (Lipinski definition) is 8. The van der Waals surface area contributed by atoms with Crippen LogP contribution < -0.4 is 10.5 Å². The van der Waals surface area contributed by atoms with Crippen molar-refractivity contribution in [3.05, 3.63) is 16.7 Å². The van der Waals surface area contributed by atoms with Gasteiger partial charge in [0.25, 0.3) is 5.56 Å². The molecule has 1 aliphatic rings. The minimum absolute atomic E-state index is 0.101. The standard InChI is InChI=1S/C12H17N5O5/c1-16(2)12-15-6-9(13-4-14-10(6)21)17(12)11-8(20)7(19)5(3-18)22-11/h4-5,7-8,11,18-20H,3H2,1-2H3,(H,13,14,21)/t5-,7-,8+,11-/m1/s1. The highest BCUT2D eigenvalue weighted by atomic mass is 16.6. The average molecular weight is 311 g/mol. The van der Waals surface area contributed by atoms with Gasteiger partial charge in [-0.15, -0.1) is 0 Å². The molecule has 0 amide bonds. The van der Waals surface area contributed by atoms with Gasteiger partial charge in [-0.05, 0) is 0 Å². The zero-order chi connectivity index (χ0) is 16.0. The van der Waals surface area contributed by atoms with Crippen LogP contribution in [0.2, 0.25) is 0 Å². The Bertz CT molecular complexity index is 741. The minimum atomic E-state index is -1.28. The van der Waals surface area contributed by atoms with E-state index in [4.69, 9.17) is 4.74 Å². The van der Waals surface area contributed by atoms with Crippen LogP contribution in [0.4, 0.5) is 5.95 Å². The maximum Gasteiger partial charge on any atom is 0.278 e. The molecule has 4 N–H and O–H groups in total. The van der Waals surface area contributed by atoms with Gasteiger partial charge in [-0.25, -0.2) is 9.97 Å². The molecule has 0 bridgehead atoms. The van der Waals surface area contributed by atoms with Gasteiger partial charge in [-0.1, -0.05) is 0 Å². The Morgan fingerprint density at radius 3 is 2.73 bits per heavy atom. The lowest BCUT2D eigenvalue weighted by molar-refractivity contribution is -0.0503. The van der Waals surface area contributed by atoms with E-state index in [0.29, 0.717) is 5.95 Å². The number of H-pyrrole nitrogens is 1. The number of fused-ring (bicyclic) bond motifs is 1. The number of nitrogens with one attached hydrogen (secondary N) is 1. The van der Waals surface area contributed by atoms with Crippen LogP contribution in [0.5, 0.6) is 0 Å². The molecular weight excluding hydrogens is 294 g/mol. The summed E-state index contributed by atoms with van der Waals surface area (Å²) < 4.78 is 6.95. The fourth-order valence-electron chi connectivity index (χ4n) is 2.55. The second-order valence-electron chi connectivity index (χ2n) is 5.31. The lowest BCUT2D eigenvalue weighted by Gasteiger charge is -2.21. The molecule has 0 spiro atoms. The van der Waals surface area contributed by atoms with Crippen molar-refractivity contribution in [3.8, 4) is 0 Å². The van der Waals surface area contributed by atoms with Gasteiger partial charge in [0.15, 0.2) is 17.4 Å². The highest BCUT2D eigenvalue weighted by Gasteiger charge is 2.45. The molecule has 4 atom stereocenters. The summed E-state index contributed by atoms with van der Waals surface area (Å²) in [7, 11) is 3.43. The van der Waals surface area contributed by atoms with Crippen LogP contribution in [-0.2, 0) is 4.74 Å². The fourth-order valence-corrected chi connectivity index (χ4v) is 2.55. The molecule has 0 unspecified atom stereocenters. The first kappa shape index (κ1) is 14.9. The normalized spacial score (nSPS) is 28.4. The number of nitrogens with zero attached hydrogens (tertiary/aromatic N) is 4. The Morgan fingerprint density at radius 2 is 2.14 bits per heavy atom. The zero-order valence-corrected chi connectivity index (χ0v) is 12.0. The van der Waals surface area contributed by atoms with E-state index < -0.39 is 36.7 Å². The predicted molar refractivity (Wildman–Crippen MR) is 75.5 cm³/mol. The monoisotopic (exact) mass is 311 g/mol. The number of imidazole rings is 1. The quantitative estimate of drug-likeness (QED) is 0.501. The Balaban J connectivity index is 2.19. The summed E-state index contributed by atoms with van der Waals surface area (Å²) in [6, 6.07) is 0. The maximum atomic E-state index is 11.9. The summed E-state index contributed by atoms with van der Waals surface area (Å²) >= 11 is 0. The SMILES string of the molecule is CN(C)c1nc2c(=O)[nH]cnc2n1[C@@H]1O[C@H](CO)[C@@H](O)[C@@H]1O. The number of aliphatic hydroxyl groups is 3. The second kappa shape index (κ2) is 5.32. The van der Waals surface area contributed by atoms with Gasteiger partial charge < -0.3 is 29.9 Å². The highest BCUT2D eigenvalue weighted by Crippen LogP contribution is 2.34. The Hall–Kier alpha value is -2.01. The van der Waals surface area contributed by atoms with Gasteiger partial charge >= 0.3 is 0 Å². The lowest BCUT2D eigenvalue weighted by atomic mass is 10.1. The van der Waals surface area contributed by atoms with E-state index >= 15 is 0 Å². The van der Waals surface area contributed by atoms with Crippen LogP contribution >= 0.6 is 0 Å². The van der Waals surface area contributed by atoms with Crippen molar-refractivity contribution in [1.82, 2.24) is 19.5 Å². The number of ether oxygens (including phenoxy) is 1. The van der Waals surface area contributed by atoms with Crippen molar-refractivity contribution in [1.29, 1.82) is 0 Å². The molecule has 1 aliphatic heterocycles. The molecule has 10 heteroatoms. The third-order valence-electron chi connectivity index (χ3n) is 3.64. The fraction of sp³-hybridized carbons (Fsp3) is 0.583. The number of aromatic nitrogens is 4. The van der Waals surface area contributed by atoms with E-state index in [0.717, 1.165) is 0 Å². The summed E-state index contributed by atoms with van der Waals surface area (Å²) in [5.74, 6) is 0.342. The molecule has 0 saturated carbocycles. The van der Waals surface area contributed by atoms with Gasteiger partial charge in [-0.2, -0.15) is 0 Å². The maximum absolute atomic E-state index is 11.9. The number of hydrogen-bond donors (Lipinski definition) is 4. The summed E-state index contributed by atoms with van der Waals surface area (Å²) in [5, 5.41) is 29.3. The van der Waals surface area contributed by atoms with Crippen molar-refractivity contribution >= 4 is 17.1 Å². The largest absolute Gasteiger partial charge is 0.394 e. The molecule has 3 rings (SSSR count).